The lowest BCUT2D eigenvalue weighted by atomic mass is 10.1. The number of hydrogen-bond donors (Lipinski definition) is 1. The first-order valence-electron chi connectivity index (χ1n) is 13.5. The van der Waals surface area contributed by atoms with E-state index < -0.39 is 0 Å². The van der Waals surface area contributed by atoms with Gasteiger partial charge >= 0.3 is 6.03 Å². The number of morpholine rings is 1. The predicted octanol–water partition coefficient (Wildman–Crippen LogP) is 5.93. The SMILES string of the molecule is Cc1ccc(-c2cn3c(CCN(CCN4CCOCC4)C(=O)Nc4cccc5ccccc45)csc3n2)cc1. The number of carbonyl (C=O) groups is 1. The second-order valence-electron chi connectivity index (χ2n) is 10.0. The molecule has 2 amide bonds. The largest absolute Gasteiger partial charge is 0.379 e. The van der Waals surface area contributed by atoms with Crippen molar-refractivity contribution in [2.75, 3.05) is 51.3 Å². The van der Waals surface area contributed by atoms with Crippen LogP contribution in [-0.4, -0.2) is 71.2 Å². The molecule has 1 aliphatic rings. The van der Waals surface area contributed by atoms with Gasteiger partial charge in [-0.2, -0.15) is 0 Å². The molecule has 8 heteroatoms. The maximum absolute atomic E-state index is 13.6. The fraction of sp³-hybridized carbons (Fsp3) is 0.290. The van der Waals surface area contributed by atoms with Crippen LogP contribution in [0.25, 0.3) is 27.0 Å². The fourth-order valence-corrected chi connectivity index (χ4v) is 5.96. The number of nitrogens with zero attached hydrogens (tertiary/aromatic N) is 4. The molecule has 0 atom stereocenters. The maximum Gasteiger partial charge on any atom is 0.321 e. The Hall–Kier alpha value is -3.72. The maximum atomic E-state index is 13.6. The zero-order valence-corrected chi connectivity index (χ0v) is 23.0. The van der Waals surface area contributed by atoms with Gasteiger partial charge in [0.2, 0.25) is 0 Å². The first kappa shape index (κ1) is 25.6. The van der Waals surface area contributed by atoms with Gasteiger partial charge in [-0.1, -0.05) is 66.2 Å². The van der Waals surface area contributed by atoms with Gasteiger partial charge in [0.1, 0.15) is 0 Å². The number of ether oxygens (including phenoxy) is 1. The third kappa shape index (κ3) is 5.83. The van der Waals surface area contributed by atoms with Crippen molar-refractivity contribution in [1.29, 1.82) is 0 Å². The number of carbonyl (C=O) groups excluding carboxylic acids is 1. The highest BCUT2D eigenvalue weighted by molar-refractivity contribution is 7.15. The number of fused-ring (bicyclic) bond motifs is 2. The topological polar surface area (TPSA) is 62.1 Å². The van der Waals surface area contributed by atoms with E-state index in [1.807, 2.05) is 29.2 Å². The summed E-state index contributed by atoms with van der Waals surface area (Å²) >= 11 is 1.64. The summed E-state index contributed by atoms with van der Waals surface area (Å²) in [4.78, 5) is 23.8. The summed E-state index contributed by atoms with van der Waals surface area (Å²) in [6, 6.07) is 22.6. The number of aromatic nitrogens is 2. The van der Waals surface area contributed by atoms with Crippen LogP contribution in [0.2, 0.25) is 0 Å². The number of imidazole rings is 1. The predicted molar refractivity (Wildman–Crippen MR) is 159 cm³/mol. The molecule has 0 aliphatic carbocycles. The van der Waals surface area contributed by atoms with E-state index in [1.54, 1.807) is 11.3 Å². The molecule has 1 saturated heterocycles. The van der Waals surface area contributed by atoms with Gasteiger partial charge in [0.15, 0.2) is 4.96 Å². The highest BCUT2D eigenvalue weighted by Crippen LogP contribution is 2.25. The minimum Gasteiger partial charge on any atom is -0.379 e. The van der Waals surface area contributed by atoms with Crippen molar-refractivity contribution in [2.45, 2.75) is 13.3 Å². The van der Waals surface area contributed by atoms with Crippen molar-refractivity contribution in [3.63, 3.8) is 0 Å². The van der Waals surface area contributed by atoms with Crippen LogP contribution in [0, 0.1) is 6.92 Å². The molecule has 7 nitrogen and oxygen atoms in total. The van der Waals surface area contributed by atoms with Crippen molar-refractivity contribution < 1.29 is 9.53 Å². The van der Waals surface area contributed by atoms with Crippen LogP contribution < -0.4 is 5.32 Å². The summed E-state index contributed by atoms with van der Waals surface area (Å²) in [7, 11) is 0. The van der Waals surface area contributed by atoms with E-state index in [4.69, 9.17) is 9.72 Å². The molecule has 3 heterocycles. The van der Waals surface area contributed by atoms with Crippen LogP contribution in [0.3, 0.4) is 0 Å². The van der Waals surface area contributed by atoms with E-state index in [-0.39, 0.29) is 6.03 Å². The normalized spacial score (nSPS) is 14.2. The first-order valence-corrected chi connectivity index (χ1v) is 14.4. The van der Waals surface area contributed by atoms with E-state index in [9.17, 15) is 4.79 Å². The number of thiazole rings is 1. The van der Waals surface area contributed by atoms with Crippen LogP contribution >= 0.6 is 11.3 Å². The standard InChI is InChI=1S/C31H33N5O2S/c1-23-9-11-25(12-10-23)29-21-36-26(22-39-31(36)33-29)13-14-35(16-15-34-17-19-38-20-18-34)30(37)32-28-8-4-6-24-5-2-3-7-27(24)28/h2-12,21-22H,13-20H2,1H3,(H,32,37). The molecular formula is C31H33N5O2S. The lowest BCUT2D eigenvalue weighted by molar-refractivity contribution is 0.0352. The Bertz CT molecular complexity index is 1560. The molecule has 0 bridgehead atoms. The molecule has 0 unspecified atom stereocenters. The molecule has 39 heavy (non-hydrogen) atoms. The molecule has 2 aromatic heterocycles. The molecule has 0 radical (unpaired) electrons. The number of anilines is 1. The number of nitrogens with one attached hydrogen (secondary N) is 1. The Morgan fingerprint density at radius 2 is 1.82 bits per heavy atom. The van der Waals surface area contributed by atoms with E-state index in [2.05, 4.69) is 75.6 Å². The van der Waals surface area contributed by atoms with Gasteiger partial charge in [-0.25, -0.2) is 9.78 Å². The number of hydrogen-bond acceptors (Lipinski definition) is 5. The Balaban J connectivity index is 1.19. The van der Waals surface area contributed by atoms with E-state index in [1.165, 1.54) is 5.56 Å². The van der Waals surface area contributed by atoms with Crippen LogP contribution in [0.5, 0.6) is 0 Å². The summed E-state index contributed by atoms with van der Waals surface area (Å²) in [6.45, 7) is 7.50. The van der Waals surface area contributed by atoms with Crippen LogP contribution in [0.4, 0.5) is 10.5 Å². The van der Waals surface area contributed by atoms with Gasteiger partial charge < -0.3 is 15.0 Å². The summed E-state index contributed by atoms with van der Waals surface area (Å²) in [5, 5.41) is 7.51. The van der Waals surface area contributed by atoms with Gasteiger partial charge in [0, 0.05) is 67.4 Å². The Morgan fingerprint density at radius 1 is 1.03 bits per heavy atom. The highest BCUT2D eigenvalue weighted by atomic mass is 32.1. The molecule has 1 aliphatic heterocycles. The summed E-state index contributed by atoms with van der Waals surface area (Å²) in [5.41, 5.74) is 5.32. The van der Waals surface area contributed by atoms with Gasteiger partial charge in [0.25, 0.3) is 0 Å². The van der Waals surface area contributed by atoms with Crippen molar-refractivity contribution in [3.8, 4) is 11.3 Å². The number of benzene rings is 3. The Morgan fingerprint density at radius 3 is 2.67 bits per heavy atom. The average Bonchev–Trinajstić information content (AvgIpc) is 3.56. The molecule has 5 aromatic rings. The zero-order chi connectivity index (χ0) is 26.6. The van der Waals surface area contributed by atoms with E-state index >= 15 is 0 Å². The van der Waals surface area contributed by atoms with Gasteiger partial charge in [-0.3, -0.25) is 9.30 Å². The van der Waals surface area contributed by atoms with Crippen LogP contribution in [-0.2, 0) is 11.2 Å². The third-order valence-electron chi connectivity index (χ3n) is 7.38. The lowest BCUT2D eigenvalue weighted by Gasteiger charge is -2.30. The van der Waals surface area contributed by atoms with Gasteiger partial charge in [-0.15, -0.1) is 11.3 Å². The minimum absolute atomic E-state index is 0.0722. The second kappa shape index (κ2) is 11.6. The molecule has 200 valence electrons. The smallest absolute Gasteiger partial charge is 0.321 e. The summed E-state index contributed by atoms with van der Waals surface area (Å²) in [5.74, 6) is 0. The molecule has 0 saturated carbocycles. The summed E-state index contributed by atoms with van der Waals surface area (Å²) < 4.78 is 7.68. The quantitative estimate of drug-likeness (QED) is 0.265. The lowest BCUT2D eigenvalue weighted by Crippen LogP contribution is -2.45. The monoisotopic (exact) mass is 539 g/mol. The zero-order valence-electron chi connectivity index (χ0n) is 22.2. The van der Waals surface area contributed by atoms with Crippen LogP contribution in [0.1, 0.15) is 11.3 Å². The molecule has 1 fully saturated rings. The third-order valence-corrected chi connectivity index (χ3v) is 8.27. The fourth-order valence-electron chi connectivity index (χ4n) is 5.05. The van der Waals surface area contributed by atoms with Crippen molar-refractivity contribution in [1.82, 2.24) is 19.2 Å². The molecule has 3 aromatic carbocycles. The number of urea groups is 1. The van der Waals surface area contributed by atoms with Crippen molar-refractivity contribution in [2.24, 2.45) is 0 Å². The number of aryl methyl sites for hydroxylation is 1. The number of amides is 2. The molecule has 0 spiro atoms. The molecular weight excluding hydrogens is 506 g/mol. The summed E-state index contributed by atoms with van der Waals surface area (Å²) in [6.07, 6.45) is 2.86. The minimum atomic E-state index is -0.0722. The second-order valence-corrected chi connectivity index (χ2v) is 10.9. The van der Waals surface area contributed by atoms with Gasteiger partial charge in [0.05, 0.1) is 24.6 Å². The molecule has 1 N–H and O–H groups in total. The van der Waals surface area contributed by atoms with E-state index in [0.717, 1.165) is 77.6 Å². The number of rotatable bonds is 8. The Labute approximate surface area is 232 Å². The first-order chi connectivity index (χ1) is 19.1. The van der Waals surface area contributed by atoms with Crippen LogP contribution in [0.15, 0.2) is 78.3 Å². The average molecular weight is 540 g/mol. The molecule has 6 rings (SSSR count). The van der Waals surface area contributed by atoms with Crippen molar-refractivity contribution in [3.05, 3.63) is 89.6 Å². The Kier molecular flexibility index (Phi) is 7.58. The van der Waals surface area contributed by atoms with Gasteiger partial charge in [-0.05, 0) is 18.4 Å². The van der Waals surface area contributed by atoms with Crippen molar-refractivity contribution >= 4 is 38.8 Å². The highest BCUT2D eigenvalue weighted by Gasteiger charge is 2.19. The van der Waals surface area contributed by atoms with E-state index in [0.29, 0.717) is 13.1 Å².